The molecule has 1 rings (SSSR count). The lowest BCUT2D eigenvalue weighted by Gasteiger charge is -1.77. The van der Waals surface area contributed by atoms with Crippen LogP contribution in [-0.2, 0) is 4.79 Å². The van der Waals surface area contributed by atoms with Gasteiger partial charge in [0.25, 0.3) is 0 Å². The number of rotatable bonds is 0. The highest BCUT2D eigenvalue weighted by Crippen LogP contribution is 1.73. The smallest absolute Gasteiger partial charge is 0.331 e. The molecule has 0 atom stereocenters. The van der Waals surface area contributed by atoms with Crippen LogP contribution in [0.4, 0.5) is 0 Å². The van der Waals surface area contributed by atoms with Crippen molar-refractivity contribution in [3.63, 3.8) is 0 Å². The van der Waals surface area contributed by atoms with Gasteiger partial charge in [0.15, 0.2) is 0 Å². The third-order valence-electron chi connectivity index (χ3n) is 0.541. The molecule has 0 saturated carbocycles. The molecule has 0 aromatic carbocycles. The molecule has 0 saturated heterocycles. The Morgan fingerprint density at radius 2 is 2.43 bits per heavy atom. The van der Waals surface area contributed by atoms with Crippen LogP contribution in [0.2, 0.25) is 0 Å². The summed E-state index contributed by atoms with van der Waals surface area (Å²) >= 11 is 0. The lowest BCUT2D eigenvalue weighted by molar-refractivity contribution is -0.115. The van der Waals surface area contributed by atoms with Gasteiger partial charge in [0.2, 0.25) is 5.84 Å². The highest BCUT2D eigenvalue weighted by atomic mass is 16.2. The average molecular weight is 99.1 g/mol. The predicted octanol–water partition coefficient (Wildman–Crippen LogP) is -2.09. The molecule has 0 aromatic heterocycles. The second-order valence-corrected chi connectivity index (χ2v) is 1.01. The van der Waals surface area contributed by atoms with Crippen LogP contribution in [0.1, 0.15) is 0 Å². The summed E-state index contributed by atoms with van der Waals surface area (Å²) in [5.41, 5.74) is 10.1. The first-order valence-corrected chi connectivity index (χ1v) is 1.64. The second kappa shape index (κ2) is 1.11. The van der Waals surface area contributed by atoms with Crippen molar-refractivity contribution in [3.05, 3.63) is 0 Å². The number of nitrogens with two attached hydrogens (primary N) is 1. The molecule has 5 nitrogen and oxygen atoms in total. The molecule has 1 amide bonds. The predicted molar refractivity (Wildman–Crippen MR) is 21.9 cm³/mol. The van der Waals surface area contributed by atoms with Gasteiger partial charge in [0.1, 0.15) is 0 Å². The number of nitrogens with zero attached hydrogens (tertiary/aromatic N) is 2. The van der Waals surface area contributed by atoms with Crippen LogP contribution in [0.15, 0.2) is 5.10 Å². The fourth-order valence-corrected chi connectivity index (χ4v) is 0.229. The van der Waals surface area contributed by atoms with E-state index in [1.165, 1.54) is 0 Å². The van der Waals surface area contributed by atoms with Crippen molar-refractivity contribution in [1.29, 1.82) is 0 Å². The van der Waals surface area contributed by atoms with E-state index in [1.807, 2.05) is 0 Å². The van der Waals surface area contributed by atoms with Gasteiger partial charge in [-0.1, -0.05) is 0 Å². The summed E-state index contributed by atoms with van der Waals surface area (Å²) in [5, 5.41) is 3.25. The maximum absolute atomic E-state index is 10.1. The quantitative estimate of drug-likeness (QED) is 0.365. The van der Waals surface area contributed by atoms with Crippen LogP contribution in [0.25, 0.3) is 0 Å². The van der Waals surface area contributed by atoms with Gasteiger partial charge >= 0.3 is 5.91 Å². The van der Waals surface area contributed by atoms with E-state index in [0.717, 1.165) is 0 Å². The van der Waals surface area contributed by atoms with Crippen molar-refractivity contribution in [2.75, 3.05) is 0 Å². The molecular formula is C2H3N4O. The normalized spacial score (nSPS) is 17.7. The SMILES string of the molecule is NC1=NN[N]C1=O. The lowest BCUT2D eigenvalue weighted by atomic mass is 10.6. The van der Waals surface area contributed by atoms with E-state index < -0.39 is 5.91 Å². The molecule has 1 radical (unpaired) electrons. The zero-order valence-corrected chi connectivity index (χ0v) is 3.38. The Labute approximate surface area is 39.5 Å². The molecule has 0 unspecified atom stereocenters. The fourth-order valence-electron chi connectivity index (χ4n) is 0.229. The number of nitrogens with one attached hydrogen (secondary N) is 1. The third-order valence-corrected chi connectivity index (χ3v) is 0.541. The summed E-state index contributed by atoms with van der Waals surface area (Å²) in [5.74, 6) is -0.583. The van der Waals surface area contributed by atoms with E-state index in [2.05, 4.69) is 16.1 Å². The van der Waals surface area contributed by atoms with Gasteiger partial charge < -0.3 is 5.73 Å². The Bertz CT molecular complexity index is 128. The summed E-state index contributed by atoms with van der Waals surface area (Å²) in [7, 11) is 0. The molecule has 0 aromatic rings. The van der Waals surface area contributed by atoms with Gasteiger partial charge in [0, 0.05) is 0 Å². The molecule has 3 N–H and O–H groups in total. The third kappa shape index (κ3) is 0.466. The van der Waals surface area contributed by atoms with Crippen LogP contribution < -0.4 is 16.7 Å². The van der Waals surface area contributed by atoms with E-state index in [-0.39, 0.29) is 5.84 Å². The van der Waals surface area contributed by atoms with Crippen LogP contribution in [0, 0.1) is 0 Å². The van der Waals surface area contributed by atoms with Crippen molar-refractivity contribution >= 4 is 11.7 Å². The molecule has 1 heterocycles. The average Bonchev–Trinajstić information content (AvgIpc) is 1.91. The Kier molecular flexibility index (Phi) is 0.619. The molecule has 37 valence electrons. The first-order chi connectivity index (χ1) is 3.30. The first kappa shape index (κ1) is 3.91. The monoisotopic (exact) mass is 99.0 g/mol. The van der Waals surface area contributed by atoms with Gasteiger partial charge in [-0.3, -0.25) is 4.79 Å². The van der Waals surface area contributed by atoms with Crippen molar-refractivity contribution in [1.82, 2.24) is 11.0 Å². The van der Waals surface area contributed by atoms with E-state index >= 15 is 0 Å². The van der Waals surface area contributed by atoms with Gasteiger partial charge in [0.05, 0.1) is 0 Å². The minimum Gasteiger partial charge on any atom is -0.378 e. The summed E-state index contributed by atoms with van der Waals surface area (Å²) in [4.78, 5) is 10.1. The largest absolute Gasteiger partial charge is 0.378 e. The fraction of sp³-hybridized carbons (Fsp3) is 0. The summed E-state index contributed by atoms with van der Waals surface area (Å²) in [6.45, 7) is 0. The van der Waals surface area contributed by atoms with Gasteiger partial charge in [-0.25, -0.2) is 0 Å². The maximum Gasteiger partial charge on any atom is 0.331 e. The molecule has 0 bridgehead atoms. The number of hydrogen-bond donors (Lipinski definition) is 2. The van der Waals surface area contributed by atoms with Crippen LogP contribution >= 0.6 is 0 Å². The maximum atomic E-state index is 10.1. The second-order valence-electron chi connectivity index (χ2n) is 1.01. The Morgan fingerprint density at radius 1 is 1.71 bits per heavy atom. The molecule has 0 spiro atoms. The number of amidine groups is 1. The minimum atomic E-state index is -0.500. The summed E-state index contributed by atoms with van der Waals surface area (Å²) in [6, 6.07) is 0. The Balaban J connectivity index is 2.72. The van der Waals surface area contributed by atoms with Crippen LogP contribution in [-0.4, -0.2) is 11.7 Å². The Morgan fingerprint density at radius 3 is 2.57 bits per heavy atom. The van der Waals surface area contributed by atoms with Gasteiger partial charge in [-0.15, -0.1) is 10.5 Å². The van der Waals surface area contributed by atoms with Gasteiger partial charge in [-0.05, 0) is 0 Å². The minimum absolute atomic E-state index is 0.0833. The molecule has 1 aliphatic heterocycles. The standard InChI is InChI=1S/C2H3N4O/c3-1-2(7)5-6-4-1/h6H,(H2,3,4). The van der Waals surface area contributed by atoms with Crippen LogP contribution in [0.5, 0.6) is 0 Å². The van der Waals surface area contributed by atoms with Crippen molar-refractivity contribution in [2.45, 2.75) is 0 Å². The summed E-state index contributed by atoms with van der Waals surface area (Å²) in [6.07, 6.45) is 0. The van der Waals surface area contributed by atoms with Gasteiger partial charge in [-0.2, -0.15) is 5.53 Å². The van der Waals surface area contributed by atoms with E-state index in [1.54, 1.807) is 0 Å². The van der Waals surface area contributed by atoms with Crippen molar-refractivity contribution in [3.8, 4) is 0 Å². The number of hydrazone groups is 1. The van der Waals surface area contributed by atoms with Crippen molar-refractivity contribution < 1.29 is 4.79 Å². The molecule has 7 heavy (non-hydrogen) atoms. The molecule has 1 aliphatic rings. The van der Waals surface area contributed by atoms with E-state index in [4.69, 9.17) is 5.73 Å². The zero-order valence-electron chi connectivity index (χ0n) is 3.38. The Hall–Kier alpha value is -1.26. The first-order valence-electron chi connectivity index (χ1n) is 1.64. The topological polar surface area (TPSA) is 81.6 Å². The molecule has 5 heteroatoms. The lowest BCUT2D eigenvalue weighted by Crippen LogP contribution is -2.26. The number of hydrogen-bond acceptors (Lipinski definition) is 4. The highest BCUT2D eigenvalue weighted by molar-refractivity contribution is 6.37. The van der Waals surface area contributed by atoms with Crippen LogP contribution in [0.3, 0.4) is 0 Å². The molecular weight excluding hydrogens is 96.0 g/mol. The van der Waals surface area contributed by atoms with E-state index in [9.17, 15) is 4.79 Å². The van der Waals surface area contributed by atoms with Crippen molar-refractivity contribution in [2.24, 2.45) is 10.8 Å². The highest BCUT2D eigenvalue weighted by Gasteiger charge is 2.12. The zero-order chi connectivity index (χ0) is 5.28. The molecule has 0 aliphatic carbocycles. The summed E-state index contributed by atoms with van der Waals surface area (Å²) < 4.78 is 0. The molecule has 0 fully saturated rings. The van der Waals surface area contributed by atoms with E-state index in [0.29, 0.717) is 0 Å². The number of amides is 1. The number of carbonyl (C=O) groups excluding carboxylic acids is 1. The number of carbonyl (C=O) groups is 1.